The fourth-order valence-corrected chi connectivity index (χ4v) is 2.73. The normalized spacial score (nSPS) is 23.0. The Morgan fingerprint density at radius 2 is 2.22 bits per heavy atom. The molecule has 1 saturated heterocycles. The van der Waals surface area contributed by atoms with Crippen LogP contribution in [0, 0.1) is 12.7 Å². The molecule has 0 bridgehead atoms. The summed E-state index contributed by atoms with van der Waals surface area (Å²) in [7, 11) is 0. The van der Waals surface area contributed by atoms with E-state index in [2.05, 4.69) is 4.90 Å². The van der Waals surface area contributed by atoms with Gasteiger partial charge in [-0.1, -0.05) is 18.6 Å². The van der Waals surface area contributed by atoms with E-state index in [1.54, 1.807) is 13.0 Å². The molecular formula is C15H22FNO. The Balaban J connectivity index is 2.08. The second kappa shape index (κ2) is 5.81. The number of nitrogens with zero attached hydrogens (tertiary/aromatic N) is 1. The number of piperidine rings is 1. The summed E-state index contributed by atoms with van der Waals surface area (Å²) in [5.41, 5.74) is 1.68. The number of aliphatic hydroxyl groups is 1. The first-order chi connectivity index (χ1) is 8.58. The standard InChI is InChI=1S/C15H22FNO/c1-11-6-7-13(9-14(11)16)10-17-8-4-3-5-15(17)12(2)18/h6-7,9,12,15,18H,3-5,8,10H2,1-2H3. The predicted octanol–water partition coefficient (Wildman–Crippen LogP) is 2.87. The molecule has 1 aromatic rings. The molecule has 100 valence electrons. The van der Waals surface area contributed by atoms with E-state index in [1.165, 1.54) is 6.42 Å². The van der Waals surface area contributed by atoms with Crippen LogP contribution in [0.3, 0.4) is 0 Å². The van der Waals surface area contributed by atoms with Gasteiger partial charge in [0, 0.05) is 12.6 Å². The number of likely N-dealkylation sites (tertiary alicyclic amines) is 1. The second-order valence-corrected chi connectivity index (χ2v) is 5.36. The molecule has 2 nitrogen and oxygen atoms in total. The van der Waals surface area contributed by atoms with Crippen molar-refractivity contribution >= 4 is 0 Å². The van der Waals surface area contributed by atoms with Gasteiger partial charge in [-0.25, -0.2) is 4.39 Å². The molecule has 0 aromatic heterocycles. The van der Waals surface area contributed by atoms with E-state index in [9.17, 15) is 9.50 Å². The van der Waals surface area contributed by atoms with Crippen LogP contribution in [0.25, 0.3) is 0 Å². The average Bonchev–Trinajstić information content (AvgIpc) is 2.34. The SMILES string of the molecule is Cc1ccc(CN2CCCCC2C(C)O)cc1F. The fourth-order valence-electron chi connectivity index (χ4n) is 2.73. The van der Waals surface area contributed by atoms with E-state index in [-0.39, 0.29) is 18.0 Å². The topological polar surface area (TPSA) is 23.5 Å². The van der Waals surface area contributed by atoms with Crippen molar-refractivity contribution in [2.24, 2.45) is 0 Å². The molecule has 0 amide bonds. The van der Waals surface area contributed by atoms with Crippen molar-refractivity contribution in [1.82, 2.24) is 4.90 Å². The Morgan fingerprint density at radius 1 is 1.44 bits per heavy atom. The van der Waals surface area contributed by atoms with Gasteiger partial charge < -0.3 is 5.11 Å². The van der Waals surface area contributed by atoms with Gasteiger partial charge in [-0.3, -0.25) is 4.90 Å². The number of rotatable bonds is 3. The van der Waals surface area contributed by atoms with Gasteiger partial charge in [0.25, 0.3) is 0 Å². The maximum Gasteiger partial charge on any atom is 0.126 e. The summed E-state index contributed by atoms with van der Waals surface area (Å²) in [6.45, 7) is 5.34. The zero-order chi connectivity index (χ0) is 13.1. The Morgan fingerprint density at radius 3 is 2.89 bits per heavy atom. The van der Waals surface area contributed by atoms with Gasteiger partial charge in [0.2, 0.25) is 0 Å². The molecule has 3 heteroatoms. The third-order valence-electron chi connectivity index (χ3n) is 3.84. The zero-order valence-corrected chi connectivity index (χ0v) is 11.2. The second-order valence-electron chi connectivity index (χ2n) is 5.36. The lowest BCUT2D eigenvalue weighted by molar-refractivity contribution is 0.0316. The van der Waals surface area contributed by atoms with Crippen molar-refractivity contribution in [3.8, 4) is 0 Å². The molecule has 1 N–H and O–H groups in total. The minimum Gasteiger partial charge on any atom is -0.392 e. The van der Waals surface area contributed by atoms with Crippen LogP contribution in [-0.2, 0) is 6.54 Å². The van der Waals surface area contributed by atoms with E-state index in [1.807, 2.05) is 19.1 Å². The highest BCUT2D eigenvalue weighted by Gasteiger charge is 2.26. The summed E-state index contributed by atoms with van der Waals surface area (Å²) in [6.07, 6.45) is 3.05. The Kier molecular flexibility index (Phi) is 4.36. The van der Waals surface area contributed by atoms with E-state index in [0.29, 0.717) is 5.56 Å². The van der Waals surface area contributed by atoms with Crippen LogP contribution in [0.15, 0.2) is 18.2 Å². The monoisotopic (exact) mass is 251 g/mol. The molecule has 2 unspecified atom stereocenters. The highest BCUT2D eigenvalue weighted by Crippen LogP contribution is 2.22. The molecule has 2 atom stereocenters. The van der Waals surface area contributed by atoms with Crippen molar-refractivity contribution in [3.63, 3.8) is 0 Å². The Labute approximate surface area is 108 Å². The van der Waals surface area contributed by atoms with E-state index in [0.717, 1.165) is 31.5 Å². The zero-order valence-electron chi connectivity index (χ0n) is 11.2. The van der Waals surface area contributed by atoms with E-state index < -0.39 is 0 Å². The lowest BCUT2D eigenvalue weighted by atomic mass is 9.97. The van der Waals surface area contributed by atoms with Crippen LogP contribution in [0.2, 0.25) is 0 Å². The molecule has 0 aliphatic carbocycles. The van der Waals surface area contributed by atoms with Crippen LogP contribution in [0.5, 0.6) is 0 Å². The van der Waals surface area contributed by atoms with Gasteiger partial charge in [-0.2, -0.15) is 0 Å². The van der Waals surface area contributed by atoms with Crippen molar-refractivity contribution in [2.75, 3.05) is 6.54 Å². The van der Waals surface area contributed by atoms with Gasteiger partial charge in [-0.15, -0.1) is 0 Å². The van der Waals surface area contributed by atoms with Gasteiger partial charge in [-0.05, 0) is 50.4 Å². The largest absolute Gasteiger partial charge is 0.392 e. The summed E-state index contributed by atoms with van der Waals surface area (Å²) < 4.78 is 13.5. The fraction of sp³-hybridized carbons (Fsp3) is 0.600. The van der Waals surface area contributed by atoms with Gasteiger partial charge >= 0.3 is 0 Å². The third-order valence-corrected chi connectivity index (χ3v) is 3.84. The van der Waals surface area contributed by atoms with E-state index in [4.69, 9.17) is 0 Å². The molecule has 1 heterocycles. The smallest absolute Gasteiger partial charge is 0.126 e. The molecule has 1 aliphatic heterocycles. The minimum atomic E-state index is -0.319. The number of hydrogen-bond acceptors (Lipinski definition) is 2. The summed E-state index contributed by atoms with van der Waals surface area (Å²) in [4.78, 5) is 2.28. The maximum absolute atomic E-state index is 13.5. The molecule has 1 fully saturated rings. The Hall–Kier alpha value is -0.930. The highest BCUT2D eigenvalue weighted by molar-refractivity contribution is 5.23. The summed E-state index contributed by atoms with van der Waals surface area (Å²) >= 11 is 0. The molecule has 18 heavy (non-hydrogen) atoms. The summed E-state index contributed by atoms with van der Waals surface area (Å²) in [5.74, 6) is -0.141. The first kappa shape index (κ1) is 13.5. The Bertz CT molecular complexity index is 405. The molecule has 1 aromatic carbocycles. The highest BCUT2D eigenvalue weighted by atomic mass is 19.1. The molecule has 1 aliphatic rings. The number of hydrogen-bond donors (Lipinski definition) is 1. The van der Waals surface area contributed by atoms with Gasteiger partial charge in [0.1, 0.15) is 5.82 Å². The number of benzene rings is 1. The van der Waals surface area contributed by atoms with Crippen LogP contribution < -0.4 is 0 Å². The summed E-state index contributed by atoms with van der Waals surface area (Å²) in [6, 6.07) is 5.63. The van der Waals surface area contributed by atoms with Crippen molar-refractivity contribution in [2.45, 2.75) is 51.8 Å². The minimum absolute atomic E-state index is 0.141. The molecule has 2 rings (SSSR count). The van der Waals surface area contributed by atoms with Crippen LogP contribution >= 0.6 is 0 Å². The number of halogens is 1. The van der Waals surface area contributed by atoms with E-state index >= 15 is 0 Å². The first-order valence-corrected chi connectivity index (χ1v) is 6.75. The maximum atomic E-state index is 13.5. The number of aryl methyl sites for hydroxylation is 1. The molecule has 0 spiro atoms. The van der Waals surface area contributed by atoms with Crippen molar-refractivity contribution in [3.05, 3.63) is 35.1 Å². The lowest BCUT2D eigenvalue weighted by Gasteiger charge is -2.37. The third kappa shape index (κ3) is 3.09. The summed E-state index contributed by atoms with van der Waals surface area (Å²) in [5, 5.41) is 9.81. The van der Waals surface area contributed by atoms with Gasteiger partial charge in [0.05, 0.1) is 6.10 Å². The predicted molar refractivity (Wildman–Crippen MR) is 70.9 cm³/mol. The number of aliphatic hydroxyl groups excluding tert-OH is 1. The van der Waals surface area contributed by atoms with Crippen LogP contribution in [0.1, 0.15) is 37.3 Å². The van der Waals surface area contributed by atoms with Gasteiger partial charge in [0.15, 0.2) is 0 Å². The quantitative estimate of drug-likeness (QED) is 0.893. The van der Waals surface area contributed by atoms with Crippen molar-refractivity contribution in [1.29, 1.82) is 0 Å². The van der Waals surface area contributed by atoms with Crippen molar-refractivity contribution < 1.29 is 9.50 Å². The first-order valence-electron chi connectivity index (χ1n) is 6.75. The van der Waals surface area contributed by atoms with Crippen LogP contribution in [-0.4, -0.2) is 28.7 Å². The molecule has 0 radical (unpaired) electrons. The average molecular weight is 251 g/mol. The lowest BCUT2D eigenvalue weighted by Crippen LogP contribution is -2.45. The van der Waals surface area contributed by atoms with Crippen LogP contribution in [0.4, 0.5) is 4.39 Å². The molecular weight excluding hydrogens is 229 g/mol. The molecule has 0 saturated carbocycles.